The zero-order chi connectivity index (χ0) is 24.5. The Labute approximate surface area is 210 Å². The Morgan fingerprint density at radius 3 is 2.03 bits per heavy atom. The zero-order valence-corrected chi connectivity index (χ0v) is 20.8. The third-order valence-electron chi connectivity index (χ3n) is 7.47. The summed E-state index contributed by atoms with van der Waals surface area (Å²) < 4.78 is 5.90. The van der Waals surface area contributed by atoms with E-state index in [0.717, 1.165) is 17.0 Å². The van der Waals surface area contributed by atoms with Gasteiger partial charge < -0.3 is 9.84 Å². The summed E-state index contributed by atoms with van der Waals surface area (Å²) in [5.74, 6) is 1.05. The molecule has 0 bridgehead atoms. The van der Waals surface area contributed by atoms with Crippen LogP contribution in [0.2, 0.25) is 0 Å². The summed E-state index contributed by atoms with van der Waals surface area (Å²) in [6.45, 7) is 2.27. The summed E-state index contributed by atoms with van der Waals surface area (Å²) in [5, 5.41) is 11.1. The molecule has 1 fully saturated rings. The number of carbonyl (C=O) groups excluding carboxylic acids is 1. The lowest BCUT2D eigenvalue weighted by Gasteiger charge is -2.29. The molecule has 0 spiro atoms. The van der Waals surface area contributed by atoms with Crippen LogP contribution in [0.4, 0.5) is 0 Å². The van der Waals surface area contributed by atoms with E-state index in [0.29, 0.717) is 11.5 Å². The first-order valence-corrected chi connectivity index (χ1v) is 13.2. The van der Waals surface area contributed by atoms with Crippen molar-refractivity contribution in [3.05, 3.63) is 107 Å². The van der Waals surface area contributed by atoms with Gasteiger partial charge in [-0.05, 0) is 66.3 Å². The smallest absolute Gasteiger partial charge is 0.338 e. The first-order chi connectivity index (χ1) is 17.2. The molecule has 1 saturated carbocycles. The van der Waals surface area contributed by atoms with Gasteiger partial charge in [-0.3, -0.25) is 0 Å². The lowest BCUT2D eigenvalue weighted by atomic mass is 9.77. The summed E-state index contributed by atoms with van der Waals surface area (Å²) >= 11 is 0. The van der Waals surface area contributed by atoms with Crippen LogP contribution in [0.25, 0.3) is 0 Å². The molecular weight excluding hydrogens is 432 g/mol. The van der Waals surface area contributed by atoms with Crippen molar-refractivity contribution in [1.82, 2.24) is 0 Å². The van der Waals surface area contributed by atoms with E-state index in [9.17, 15) is 9.90 Å². The van der Waals surface area contributed by atoms with Crippen molar-refractivity contribution in [2.45, 2.75) is 76.4 Å². The molecule has 1 N–H and O–H groups in total. The van der Waals surface area contributed by atoms with Gasteiger partial charge in [-0.1, -0.05) is 105 Å². The fraction of sp³-hybridized carbons (Fsp3) is 0.406. The van der Waals surface area contributed by atoms with Gasteiger partial charge in [0.15, 0.2) is 6.10 Å². The van der Waals surface area contributed by atoms with E-state index >= 15 is 0 Å². The highest BCUT2D eigenvalue weighted by molar-refractivity contribution is 5.89. The van der Waals surface area contributed by atoms with Gasteiger partial charge in [-0.2, -0.15) is 0 Å². The Bertz CT molecular complexity index is 1020. The number of carbonyl (C=O) groups is 1. The Balaban J connectivity index is 1.40. The first-order valence-electron chi connectivity index (χ1n) is 13.2. The van der Waals surface area contributed by atoms with Crippen LogP contribution in [0.15, 0.2) is 84.9 Å². The van der Waals surface area contributed by atoms with Crippen molar-refractivity contribution in [2.24, 2.45) is 5.92 Å². The number of hydrogen-bond acceptors (Lipinski definition) is 3. The minimum absolute atomic E-state index is 0.417. The van der Waals surface area contributed by atoms with E-state index in [2.05, 4.69) is 19.1 Å². The van der Waals surface area contributed by atoms with Crippen LogP contribution < -0.4 is 0 Å². The minimum Gasteiger partial charge on any atom is -0.451 e. The lowest BCUT2D eigenvalue weighted by molar-refractivity contribution is -0.0209. The highest BCUT2D eigenvalue weighted by atomic mass is 16.6. The van der Waals surface area contributed by atoms with Crippen LogP contribution in [0.1, 0.15) is 103 Å². The molecule has 4 rings (SSSR count). The Kier molecular flexibility index (Phi) is 9.14. The number of benzene rings is 3. The summed E-state index contributed by atoms with van der Waals surface area (Å²) in [7, 11) is 0. The van der Waals surface area contributed by atoms with Crippen molar-refractivity contribution in [1.29, 1.82) is 0 Å². The molecule has 3 nitrogen and oxygen atoms in total. The van der Waals surface area contributed by atoms with Crippen molar-refractivity contribution in [3.63, 3.8) is 0 Å². The third kappa shape index (κ3) is 6.82. The topological polar surface area (TPSA) is 46.5 Å². The van der Waals surface area contributed by atoms with Crippen LogP contribution in [-0.2, 0) is 4.74 Å². The van der Waals surface area contributed by atoms with Gasteiger partial charge in [0.05, 0.1) is 5.56 Å². The number of ether oxygens (including phenoxy) is 1. The molecule has 3 heteroatoms. The molecule has 0 heterocycles. The molecule has 3 aromatic rings. The van der Waals surface area contributed by atoms with E-state index in [-0.39, 0.29) is 0 Å². The lowest BCUT2D eigenvalue weighted by Crippen LogP contribution is -2.19. The zero-order valence-electron chi connectivity index (χ0n) is 20.8. The van der Waals surface area contributed by atoms with Gasteiger partial charge in [0.2, 0.25) is 0 Å². The molecule has 2 atom stereocenters. The average molecular weight is 471 g/mol. The van der Waals surface area contributed by atoms with E-state index in [1.165, 1.54) is 56.9 Å². The molecule has 0 aliphatic heterocycles. The number of rotatable bonds is 10. The second-order valence-corrected chi connectivity index (χ2v) is 9.93. The van der Waals surface area contributed by atoms with Gasteiger partial charge in [0.25, 0.3) is 0 Å². The van der Waals surface area contributed by atoms with E-state index < -0.39 is 18.2 Å². The van der Waals surface area contributed by atoms with Crippen LogP contribution in [0.3, 0.4) is 0 Å². The monoisotopic (exact) mass is 470 g/mol. The Morgan fingerprint density at radius 1 is 0.829 bits per heavy atom. The molecule has 0 radical (unpaired) electrons. The van der Waals surface area contributed by atoms with Crippen LogP contribution in [-0.4, -0.2) is 11.1 Å². The standard InChI is InChI=1S/C32H38O3/c1-2-3-6-11-24-16-18-25(19-17-24)26-20-22-29(23-21-26)32(34)35-31(28-14-9-5-10-15-28)30(33)27-12-7-4-8-13-27/h4-5,7-10,12-15,20-25,30-31,33H,2-3,6,11,16-19H2,1H3. The highest BCUT2D eigenvalue weighted by Gasteiger charge is 2.27. The number of hydrogen-bond donors (Lipinski definition) is 1. The molecule has 35 heavy (non-hydrogen) atoms. The maximum Gasteiger partial charge on any atom is 0.338 e. The SMILES string of the molecule is CCCCCC1CCC(c2ccc(C(=O)OC(c3ccccc3)C(O)c3ccccc3)cc2)CC1. The van der Waals surface area contributed by atoms with Gasteiger partial charge in [-0.15, -0.1) is 0 Å². The average Bonchev–Trinajstić information content (AvgIpc) is 2.93. The first kappa shape index (κ1) is 25.2. The van der Waals surface area contributed by atoms with E-state index in [4.69, 9.17) is 4.74 Å². The fourth-order valence-electron chi connectivity index (χ4n) is 5.32. The molecule has 1 aliphatic rings. The van der Waals surface area contributed by atoms with Gasteiger partial charge in [0, 0.05) is 0 Å². The maximum absolute atomic E-state index is 13.1. The van der Waals surface area contributed by atoms with Crippen molar-refractivity contribution >= 4 is 5.97 Å². The second-order valence-electron chi connectivity index (χ2n) is 9.93. The summed E-state index contributed by atoms with van der Waals surface area (Å²) in [6, 6.07) is 26.7. The predicted molar refractivity (Wildman–Crippen MR) is 141 cm³/mol. The molecule has 3 aromatic carbocycles. The van der Waals surface area contributed by atoms with Crippen molar-refractivity contribution in [2.75, 3.05) is 0 Å². The number of unbranched alkanes of at least 4 members (excludes halogenated alkanes) is 2. The third-order valence-corrected chi connectivity index (χ3v) is 7.47. The molecule has 184 valence electrons. The highest BCUT2D eigenvalue weighted by Crippen LogP contribution is 2.38. The summed E-state index contributed by atoms with van der Waals surface area (Å²) in [5.41, 5.74) is 3.32. The molecular formula is C32H38O3. The minimum atomic E-state index is -0.950. The van der Waals surface area contributed by atoms with Crippen LogP contribution >= 0.6 is 0 Å². The molecule has 0 saturated heterocycles. The fourth-order valence-corrected chi connectivity index (χ4v) is 5.32. The molecule has 0 aromatic heterocycles. The molecule has 2 unspecified atom stereocenters. The second kappa shape index (κ2) is 12.7. The van der Waals surface area contributed by atoms with Gasteiger partial charge >= 0.3 is 5.97 Å². The van der Waals surface area contributed by atoms with E-state index in [1.807, 2.05) is 72.8 Å². The number of esters is 1. The molecule has 1 aliphatic carbocycles. The Hall–Kier alpha value is -2.91. The van der Waals surface area contributed by atoms with Gasteiger partial charge in [-0.25, -0.2) is 4.79 Å². The quantitative estimate of drug-likeness (QED) is 0.240. The largest absolute Gasteiger partial charge is 0.451 e. The predicted octanol–water partition coefficient (Wildman–Crippen LogP) is 8.17. The van der Waals surface area contributed by atoms with Gasteiger partial charge in [0.1, 0.15) is 6.10 Å². The summed E-state index contributed by atoms with van der Waals surface area (Å²) in [4.78, 5) is 13.1. The maximum atomic E-state index is 13.1. The van der Waals surface area contributed by atoms with E-state index in [1.54, 1.807) is 0 Å². The van der Waals surface area contributed by atoms with Crippen molar-refractivity contribution in [3.8, 4) is 0 Å². The van der Waals surface area contributed by atoms with Crippen LogP contribution in [0.5, 0.6) is 0 Å². The summed E-state index contributed by atoms with van der Waals surface area (Å²) in [6.07, 6.45) is 8.76. The number of aliphatic hydroxyl groups is 1. The number of aliphatic hydroxyl groups excluding tert-OH is 1. The molecule has 0 amide bonds. The van der Waals surface area contributed by atoms with Crippen LogP contribution in [0, 0.1) is 5.92 Å². The van der Waals surface area contributed by atoms with Crippen molar-refractivity contribution < 1.29 is 14.6 Å². The normalized spacial score (nSPS) is 19.6. The Morgan fingerprint density at radius 2 is 1.43 bits per heavy atom.